The molecule has 1 aromatic rings. The van der Waals surface area contributed by atoms with Gasteiger partial charge in [0.2, 0.25) is 16.9 Å². The molecule has 0 spiro atoms. The molecule has 22 heavy (non-hydrogen) atoms. The Labute approximate surface area is 135 Å². The summed E-state index contributed by atoms with van der Waals surface area (Å²) < 4.78 is 0. The first-order valence-electron chi connectivity index (χ1n) is 7.88. The fourth-order valence-electron chi connectivity index (χ4n) is 2.87. The maximum absolute atomic E-state index is 12.2. The van der Waals surface area contributed by atoms with Gasteiger partial charge in [0.25, 0.3) is 0 Å². The van der Waals surface area contributed by atoms with Gasteiger partial charge in [-0.15, -0.1) is 10.2 Å². The van der Waals surface area contributed by atoms with Crippen molar-refractivity contribution < 1.29 is 9.59 Å². The molecule has 1 fully saturated rings. The number of carbonyl (C=O) groups is 2. The normalized spacial score (nSPS) is 21.7. The first-order valence-corrected chi connectivity index (χ1v) is 8.69. The number of hydrogen-bond acceptors (Lipinski definition) is 5. The average Bonchev–Trinajstić information content (AvgIpc) is 2.91. The van der Waals surface area contributed by atoms with Crippen LogP contribution < -0.4 is 5.32 Å². The monoisotopic (exact) mass is 324 g/mol. The molecule has 6 nitrogen and oxygen atoms in total. The standard InChI is InChI=1S/C15H24N4O2S/c1-4-13-17-18-15(22-13)16-12(20)5-6-14(21)19-8-10(2)7-11(3)9-19/h10-11H,4-9H2,1-3H3,(H,16,18,20). The molecule has 2 unspecified atom stereocenters. The maximum atomic E-state index is 12.2. The Morgan fingerprint density at radius 1 is 1.23 bits per heavy atom. The van der Waals surface area contributed by atoms with Crippen molar-refractivity contribution in [2.45, 2.75) is 46.5 Å². The van der Waals surface area contributed by atoms with Gasteiger partial charge in [-0.25, -0.2) is 0 Å². The van der Waals surface area contributed by atoms with Crippen molar-refractivity contribution in [3.8, 4) is 0 Å². The summed E-state index contributed by atoms with van der Waals surface area (Å²) in [6.07, 6.45) is 2.42. The summed E-state index contributed by atoms with van der Waals surface area (Å²) >= 11 is 1.37. The molecule has 2 amide bonds. The maximum Gasteiger partial charge on any atom is 0.226 e. The zero-order chi connectivity index (χ0) is 16.1. The van der Waals surface area contributed by atoms with E-state index in [4.69, 9.17) is 0 Å². The number of aryl methyl sites for hydroxylation is 1. The Hall–Kier alpha value is -1.50. The number of piperidine rings is 1. The minimum atomic E-state index is -0.176. The molecule has 0 aliphatic carbocycles. The predicted octanol–water partition coefficient (Wildman–Crippen LogP) is 2.32. The van der Waals surface area contributed by atoms with Gasteiger partial charge in [-0.2, -0.15) is 0 Å². The number of hydrogen-bond donors (Lipinski definition) is 1. The summed E-state index contributed by atoms with van der Waals surface area (Å²) in [7, 11) is 0. The lowest BCUT2D eigenvalue weighted by atomic mass is 9.91. The highest BCUT2D eigenvalue weighted by molar-refractivity contribution is 7.15. The van der Waals surface area contributed by atoms with Crippen LogP contribution in [0.2, 0.25) is 0 Å². The molecule has 7 heteroatoms. The van der Waals surface area contributed by atoms with E-state index in [0.717, 1.165) is 24.5 Å². The van der Waals surface area contributed by atoms with E-state index in [0.29, 0.717) is 17.0 Å². The van der Waals surface area contributed by atoms with E-state index in [2.05, 4.69) is 29.4 Å². The smallest absolute Gasteiger partial charge is 0.226 e. The second-order valence-corrected chi connectivity index (χ2v) is 7.21. The molecule has 1 aliphatic rings. The van der Waals surface area contributed by atoms with Crippen molar-refractivity contribution in [2.75, 3.05) is 18.4 Å². The van der Waals surface area contributed by atoms with Crippen LogP contribution in [0.25, 0.3) is 0 Å². The number of carbonyl (C=O) groups excluding carboxylic acids is 2. The molecule has 2 heterocycles. The quantitative estimate of drug-likeness (QED) is 0.902. The molecule has 0 aromatic carbocycles. The van der Waals surface area contributed by atoms with Gasteiger partial charge < -0.3 is 10.2 Å². The molecular weight excluding hydrogens is 300 g/mol. The summed E-state index contributed by atoms with van der Waals surface area (Å²) in [5.74, 6) is 0.969. The molecule has 2 atom stereocenters. The summed E-state index contributed by atoms with van der Waals surface area (Å²) in [6.45, 7) is 7.94. The summed E-state index contributed by atoms with van der Waals surface area (Å²) in [5, 5.41) is 12.0. The number of aromatic nitrogens is 2. The van der Waals surface area contributed by atoms with Crippen molar-refractivity contribution in [3.63, 3.8) is 0 Å². The number of nitrogens with one attached hydrogen (secondary N) is 1. The minimum absolute atomic E-state index is 0.0695. The van der Waals surface area contributed by atoms with Crippen molar-refractivity contribution in [2.24, 2.45) is 11.8 Å². The summed E-state index contributed by atoms with van der Waals surface area (Å²) in [4.78, 5) is 26.0. The highest BCUT2D eigenvalue weighted by atomic mass is 32.1. The van der Waals surface area contributed by atoms with E-state index in [-0.39, 0.29) is 24.7 Å². The van der Waals surface area contributed by atoms with Crippen LogP contribution in [-0.2, 0) is 16.0 Å². The SMILES string of the molecule is CCc1nnc(NC(=O)CCC(=O)N2CC(C)CC(C)C2)s1. The summed E-state index contributed by atoms with van der Waals surface area (Å²) in [5.41, 5.74) is 0. The molecule has 1 aliphatic heterocycles. The van der Waals surface area contributed by atoms with E-state index in [9.17, 15) is 9.59 Å². The first-order chi connectivity index (χ1) is 10.5. The zero-order valence-electron chi connectivity index (χ0n) is 13.5. The number of likely N-dealkylation sites (tertiary alicyclic amines) is 1. The van der Waals surface area contributed by atoms with E-state index >= 15 is 0 Å². The van der Waals surface area contributed by atoms with Crippen molar-refractivity contribution in [1.82, 2.24) is 15.1 Å². The largest absolute Gasteiger partial charge is 0.342 e. The van der Waals surface area contributed by atoms with Crippen molar-refractivity contribution in [1.29, 1.82) is 0 Å². The van der Waals surface area contributed by atoms with E-state index < -0.39 is 0 Å². The van der Waals surface area contributed by atoms with E-state index in [1.165, 1.54) is 17.8 Å². The zero-order valence-corrected chi connectivity index (χ0v) is 14.3. The van der Waals surface area contributed by atoms with E-state index in [1.54, 1.807) is 0 Å². The van der Waals surface area contributed by atoms with Crippen molar-refractivity contribution >= 4 is 28.3 Å². The highest BCUT2D eigenvalue weighted by Gasteiger charge is 2.25. The van der Waals surface area contributed by atoms with Crippen LogP contribution in [-0.4, -0.2) is 40.0 Å². The van der Waals surface area contributed by atoms with Gasteiger partial charge in [-0.1, -0.05) is 32.1 Å². The van der Waals surface area contributed by atoms with Crippen molar-refractivity contribution in [3.05, 3.63) is 5.01 Å². The third kappa shape index (κ3) is 4.76. The molecule has 0 radical (unpaired) electrons. The minimum Gasteiger partial charge on any atom is -0.342 e. The molecule has 0 bridgehead atoms. The van der Waals surface area contributed by atoms with Crippen LogP contribution in [0.1, 0.15) is 45.0 Å². The topological polar surface area (TPSA) is 75.2 Å². The Morgan fingerprint density at radius 3 is 2.50 bits per heavy atom. The second kappa shape index (κ2) is 7.67. The van der Waals surface area contributed by atoms with Crippen LogP contribution in [0.4, 0.5) is 5.13 Å². The highest BCUT2D eigenvalue weighted by Crippen LogP contribution is 2.22. The average molecular weight is 324 g/mol. The fourth-order valence-corrected chi connectivity index (χ4v) is 3.57. The number of anilines is 1. The van der Waals surface area contributed by atoms with Crippen LogP contribution in [0.15, 0.2) is 0 Å². The van der Waals surface area contributed by atoms with Gasteiger partial charge in [0.15, 0.2) is 0 Å². The predicted molar refractivity (Wildman–Crippen MR) is 86.7 cm³/mol. The van der Waals surface area contributed by atoms with Gasteiger partial charge in [-0.05, 0) is 24.7 Å². The van der Waals surface area contributed by atoms with E-state index in [1.807, 2.05) is 11.8 Å². The number of nitrogens with zero attached hydrogens (tertiary/aromatic N) is 3. The molecule has 1 aromatic heterocycles. The lowest BCUT2D eigenvalue weighted by molar-refractivity contribution is -0.135. The lowest BCUT2D eigenvalue weighted by Crippen LogP contribution is -2.42. The molecule has 122 valence electrons. The fraction of sp³-hybridized carbons (Fsp3) is 0.733. The van der Waals surface area contributed by atoms with Crippen LogP contribution in [0.5, 0.6) is 0 Å². The van der Waals surface area contributed by atoms with Crippen LogP contribution in [0, 0.1) is 11.8 Å². The van der Waals surface area contributed by atoms with Gasteiger partial charge in [0.05, 0.1) is 0 Å². The first kappa shape index (κ1) is 16.9. The second-order valence-electron chi connectivity index (χ2n) is 6.15. The molecule has 1 N–H and O–H groups in total. The Morgan fingerprint density at radius 2 is 1.91 bits per heavy atom. The number of rotatable bonds is 5. The van der Waals surface area contributed by atoms with Gasteiger partial charge >= 0.3 is 0 Å². The summed E-state index contributed by atoms with van der Waals surface area (Å²) in [6, 6.07) is 0. The molecular formula is C15H24N4O2S. The molecule has 0 saturated carbocycles. The van der Waals surface area contributed by atoms with Gasteiger partial charge in [-0.3, -0.25) is 9.59 Å². The number of amides is 2. The third-order valence-electron chi connectivity index (χ3n) is 3.80. The Kier molecular flexibility index (Phi) is 5.88. The third-order valence-corrected chi connectivity index (χ3v) is 4.79. The Balaban J connectivity index is 1.76. The van der Waals surface area contributed by atoms with Crippen LogP contribution in [0.3, 0.4) is 0 Å². The molecule has 1 saturated heterocycles. The van der Waals surface area contributed by atoms with Gasteiger partial charge in [0, 0.05) is 25.9 Å². The van der Waals surface area contributed by atoms with Gasteiger partial charge in [0.1, 0.15) is 5.01 Å². The Bertz CT molecular complexity index is 521. The lowest BCUT2D eigenvalue weighted by Gasteiger charge is -2.35. The van der Waals surface area contributed by atoms with Crippen LogP contribution >= 0.6 is 11.3 Å². The molecule has 2 rings (SSSR count).